The van der Waals surface area contributed by atoms with Crippen LogP contribution < -0.4 is 29.1 Å². The Morgan fingerprint density at radius 1 is 1.11 bits per heavy atom. The number of nitrogens with zero attached hydrogens (tertiary/aromatic N) is 3. The van der Waals surface area contributed by atoms with Crippen molar-refractivity contribution in [2.75, 3.05) is 20.3 Å². The van der Waals surface area contributed by atoms with E-state index >= 15 is 0 Å². The van der Waals surface area contributed by atoms with Crippen LogP contribution in [0, 0.1) is 10.1 Å². The van der Waals surface area contributed by atoms with E-state index in [1.54, 1.807) is 48.5 Å². The van der Waals surface area contributed by atoms with Gasteiger partial charge < -0.3 is 18.9 Å². The summed E-state index contributed by atoms with van der Waals surface area (Å²) in [5, 5.41) is 11.4. The summed E-state index contributed by atoms with van der Waals surface area (Å²) >= 11 is 11.2. The molecule has 3 aromatic carbocycles. The second-order valence-corrected chi connectivity index (χ2v) is 12.0. The highest BCUT2D eigenvalue weighted by Gasteiger charge is 2.31. The number of hydrogen-bond acceptors (Lipinski definition) is 10. The van der Waals surface area contributed by atoms with Crippen LogP contribution in [-0.4, -0.2) is 35.8 Å². The zero-order chi connectivity index (χ0) is 33.0. The lowest BCUT2D eigenvalue weighted by atomic mass is 9.97. The topological polar surface area (TPSA) is 131 Å². The Labute approximate surface area is 280 Å². The number of carbonyl (C=O) groups excluding carboxylic acids is 1. The van der Waals surface area contributed by atoms with Crippen LogP contribution in [0.4, 0.5) is 5.69 Å². The van der Waals surface area contributed by atoms with Gasteiger partial charge in [-0.1, -0.05) is 41.1 Å². The van der Waals surface area contributed by atoms with Crippen molar-refractivity contribution in [1.29, 1.82) is 0 Å². The molecule has 0 fully saturated rings. The molecule has 0 unspecified atom stereocenters. The number of thiazole rings is 1. The van der Waals surface area contributed by atoms with Gasteiger partial charge in [0.2, 0.25) is 0 Å². The predicted molar refractivity (Wildman–Crippen MR) is 177 cm³/mol. The number of non-ortho nitro benzene ring substituents is 1. The number of aromatic nitrogens is 1. The van der Waals surface area contributed by atoms with E-state index in [1.807, 2.05) is 13.8 Å². The number of fused-ring (bicyclic) bond motifs is 1. The molecule has 0 radical (unpaired) electrons. The number of benzene rings is 3. The summed E-state index contributed by atoms with van der Waals surface area (Å²) < 4.78 is 24.8. The molecule has 238 valence electrons. The maximum atomic E-state index is 13.9. The van der Waals surface area contributed by atoms with Crippen LogP contribution in [0.1, 0.15) is 36.6 Å². The Morgan fingerprint density at radius 2 is 1.87 bits per heavy atom. The monoisotopic (exact) mass is 727 g/mol. The average Bonchev–Trinajstić information content (AvgIpc) is 3.35. The van der Waals surface area contributed by atoms with E-state index in [4.69, 9.17) is 30.5 Å². The minimum Gasteiger partial charge on any atom is -0.490 e. The van der Waals surface area contributed by atoms with Gasteiger partial charge in [0, 0.05) is 18.3 Å². The summed E-state index contributed by atoms with van der Waals surface area (Å²) in [4.78, 5) is 42.2. The molecule has 0 N–H and O–H groups in total. The molecule has 0 amide bonds. The van der Waals surface area contributed by atoms with Crippen LogP contribution >= 0.6 is 38.9 Å². The van der Waals surface area contributed by atoms with Crippen molar-refractivity contribution < 1.29 is 28.7 Å². The van der Waals surface area contributed by atoms with Crippen LogP contribution in [0.15, 0.2) is 80.6 Å². The number of nitro groups is 1. The lowest BCUT2D eigenvalue weighted by molar-refractivity contribution is -0.384. The quantitative estimate of drug-likeness (QED) is 0.109. The van der Waals surface area contributed by atoms with Crippen LogP contribution in [0.25, 0.3) is 6.08 Å². The lowest BCUT2D eigenvalue weighted by Gasteiger charge is -2.23. The molecule has 5 rings (SSSR count). The van der Waals surface area contributed by atoms with Crippen molar-refractivity contribution in [2.24, 2.45) is 4.99 Å². The molecule has 0 spiro atoms. The second-order valence-electron chi connectivity index (χ2n) is 9.78. The summed E-state index contributed by atoms with van der Waals surface area (Å²) in [5.41, 5.74) is 1.60. The van der Waals surface area contributed by atoms with Gasteiger partial charge >= 0.3 is 5.97 Å². The van der Waals surface area contributed by atoms with E-state index < -0.39 is 16.9 Å². The van der Waals surface area contributed by atoms with Crippen molar-refractivity contribution in [3.05, 3.63) is 122 Å². The molecule has 1 aromatic heterocycles. The van der Waals surface area contributed by atoms with Crippen LogP contribution in [-0.2, 0) is 16.1 Å². The van der Waals surface area contributed by atoms with E-state index in [1.165, 1.54) is 30.0 Å². The van der Waals surface area contributed by atoms with Crippen LogP contribution in [0.3, 0.4) is 0 Å². The maximum Gasteiger partial charge on any atom is 0.337 e. The van der Waals surface area contributed by atoms with Gasteiger partial charge in [-0.3, -0.25) is 19.5 Å². The standard InChI is InChI=1S/C32H27BrClN3O8S/c1-4-43-25-10-9-20(15-26(25)44-5-2)28-22(31(39)42-3)16-35-32-36(28)30(38)27(46-32)14-19-12-23(33)29(24(34)13-19)45-17-18-7-6-8-21(11-18)37(40)41/h6-16,28H,4-5,17H2,1-3H3/b27-14-/t28-/m0/s1. The number of halogens is 2. The van der Waals surface area contributed by atoms with E-state index in [0.717, 1.165) is 11.3 Å². The summed E-state index contributed by atoms with van der Waals surface area (Å²) in [5.74, 6) is 0.753. The molecule has 0 saturated heterocycles. The highest BCUT2D eigenvalue weighted by Crippen LogP contribution is 2.36. The fourth-order valence-corrected chi connectivity index (χ4v) is 6.81. The van der Waals surface area contributed by atoms with Gasteiger partial charge in [0.15, 0.2) is 22.0 Å². The van der Waals surface area contributed by atoms with Crippen molar-refractivity contribution in [2.45, 2.75) is 26.5 Å². The Balaban J connectivity index is 1.52. The zero-order valence-electron chi connectivity index (χ0n) is 24.8. The van der Waals surface area contributed by atoms with Gasteiger partial charge in [-0.05, 0) is 76.8 Å². The molecule has 4 aromatic rings. The van der Waals surface area contributed by atoms with Crippen LogP contribution in [0.5, 0.6) is 17.2 Å². The Morgan fingerprint density at radius 3 is 2.57 bits per heavy atom. The molecular weight excluding hydrogens is 702 g/mol. The number of esters is 1. The molecule has 1 atom stereocenters. The maximum absolute atomic E-state index is 13.9. The van der Waals surface area contributed by atoms with E-state index in [0.29, 0.717) is 61.0 Å². The van der Waals surface area contributed by atoms with Crippen molar-refractivity contribution >= 4 is 56.6 Å². The largest absolute Gasteiger partial charge is 0.490 e. The lowest BCUT2D eigenvalue weighted by Crippen LogP contribution is -2.39. The number of hydrogen-bond donors (Lipinski definition) is 0. The fraction of sp³-hybridized carbons (Fsp3) is 0.219. The highest BCUT2D eigenvalue weighted by atomic mass is 79.9. The molecule has 0 saturated carbocycles. The van der Waals surface area contributed by atoms with Gasteiger partial charge in [0.25, 0.3) is 11.2 Å². The van der Waals surface area contributed by atoms with Gasteiger partial charge in [-0.2, -0.15) is 0 Å². The Kier molecular flexibility index (Phi) is 10.2. The SMILES string of the molecule is CCOc1ccc([C@H]2C(C(=O)OC)=CN=c3s/c(=C\c4cc(Cl)c(OCc5cccc([N+](=O)[O-])c5)c(Br)c4)c(=O)n32)cc1OCC. The third-order valence-corrected chi connectivity index (χ3v) is 8.70. The van der Waals surface area contributed by atoms with Gasteiger partial charge in [0.1, 0.15) is 6.61 Å². The summed E-state index contributed by atoms with van der Waals surface area (Å²) in [6, 6.07) is 14.0. The molecule has 1 aliphatic rings. The molecule has 11 nitrogen and oxygen atoms in total. The number of rotatable bonds is 11. The minimum atomic E-state index is -0.833. The molecule has 0 aliphatic carbocycles. The van der Waals surface area contributed by atoms with Crippen molar-refractivity contribution in [3.8, 4) is 17.2 Å². The van der Waals surface area contributed by atoms with Crippen molar-refractivity contribution in [3.63, 3.8) is 0 Å². The minimum absolute atomic E-state index is 0.0405. The second kappa shape index (κ2) is 14.3. The summed E-state index contributed by atoms with van der Waals surface area (Å²) in [6.45, 7) is 4.60. The third-order valence-electron chi connectivity index (χ3n) is 6.83. The summed E-state index contributed by atoms with van der Waals surface area (Å²) in [7, 11) is 1.27. The average molecular weight is 729 g/mol. The number of nitro benzene ring substituents is 1. The Hall–Kier alpha value is -4.46. The first-order valence-electron chi connectivity index (χ1n) is 14.0. The first-order valence-corrected chi connectivity index (χ1v) is 16.0. The predicted octanol–water partition coefficient (Wildman–Crippen LogP) is 5.72. The first-order chi connectivity index (χ1) is 22.1. The molecule has 0 bridgehead atoms. The molecule has 1 aliphatic heterocycles. The van der Waals surface area contributed by atoms with E-state index in [9.17, 15) is 19.7 Å². The van der Waals surface area contributed by atoms with Gasteiger partial charge in [-0.25, -0.2) is 9.79 Å². The number of carbonyl (C=O) groups is 1. The summed E-state index contributed by atoms with van der Waals surface area (Å²) in [6.07, 6.45) is 3.09. The molecular formula is C32H27BrClN3O8S. The smallest absolute Gasteiger partial charge is 0.337 e. The van der Waals surface area contributed by atoms with E-state index in [-0.39, 0.29) is 28.4 Å². The fourth-order valence-electron chi connectivity index (χ4n) is 4.85. The van der Waals surface area contributed by atoms with Crippen molar-refractivity contribution in [1.82, 2.24) is 4.57 Å². The van der Waals surface area contributed by atoms with Gasteiger partial charge in [-0.15, -0.1) is 0 Å². The zero-order valence-corrected chi connectivity index (χ0v) is 28.0. The van der Waals surface area contributed by atoms with Gasteiger partial charge in [0.05, 0.1) is 50.9 Å². The highest BCUT2D eigenvalue weighted by molar-refractivity contribution is 9.10. The molecule has 14 heteroatoms. The van der Waals surface area contributed by atoms with E-state index in [2.05, 4.69) is 20.9 Å². The normalized spacial score (nSPS) is 14.2. The van der Waals surface area contributed by atoms with Crippen LogP contribution in [0.2, 0.25) is 5.02 Å². The molecule has 2 heterocycles. The first kappa shape index (κ1) is 32.9. The number of ether oxygens (including phenoxy) is 4. The number of methoxy groups -OCH3 is 1. The Bertz CT molecular complexity index is 2020. The third kappa shape index (κ3) is 6.86. The molecule has 46 heavy (non-hydrogen) atoms.